The minimum Gasteiger partial charge on any atom is -0.404 e. The van der Waals surface area contributed by atoms with Crippen LogP contribution in [0, 0.1) is 17.5 Å². The first-order valence-electron chi connectivity index (χ1n) is 7.41. The second-order valence-electron chi connectivity index (χ2n) is 5.31. The Hall–Kier alpha value is -3.09. The minimum atomic E-state index is -0.774. The molecule has 7 heteroatoms. The van der Waals surface area contributed by atoms with E-state index in [-0.39, 0.29) is 24.4 Å². The maximum atomic E-state index is 13.7. The molecule has 0 aliphatic carbocycles. The lowest BCUT2D eigenvalue weighted by Gasteiger charge is -2.13. The number of halogens is 3. The zero-order chi connectivity index (χ0) is 17.8. The molecule has 3 rings (SSSR count). The van der Waals surface area contributed by atoms with Crippen LogP contribution in [0.2, 0.25) is 0 Å². The normalized spacial score (nSPS) is 10.7. The second kappa shape index (κ2) is 7.21. The smallest absolute Gasteiger partial charge is 0.286 e. The third kappa shape index (κ3) is 4.06. The van der Waals surface area contributed by atoms with Crippen molar-refractivity contribution in [2.75, 3.05) is 0 Å². The second-order valence-corrected chi connectivity index (χ2v) is 5.31. The lowest BCUT2D eigenvalue weighted by atomic mass is 10.1. The van der Waals surface area contributed by atoms with Crippen LogP contribution >= 0.6 is 0 Å². The Labute approximate surface area is 141 Å². The van der Waals surface area contributed by atoms with E-state index in [1.165, 1.54) is 30.5 Å². The molecule has 0 bridgehead atoms. The fraction of sp³-hybridized carbons (Fsp3) is 0.111. The highest BCUT2D eigenvalue weighted by atomic mass is 19.1. The Morgan fingerprint density at radius 1 is 1.00 bits per heavy atom. The van der Waals surface area contributed by atoms with E-state index in [2.05, 4.69) is 4.98 Å². The van der Waals surface area contributed by atoms with Crippen LogP contribution in [-0.4, -0.2) is 9.71 Å². The number of hydrogen-bond acceptors (Lipinski definition) is 3. The van der Waals surface area contributed by atoms with Gasteiger partial charge in [0.05, 0.1) is 0 Å². The molecule has 0 aliphatic rings. The summed E-state index contributed by atoms with van der Waals surface area (Å²) in [6, 6.07) is 10.1. The van der Waals surface area contributed by atoms with Crippen molar-refractivity contribution in [1.82, 2.24) is 9.71 Å². The molecule has 128 valence electrons. The van der Waals surface area contributed by atoms with E-state index >= 15 is 0 Å². The van der Waals surface area contributed by atoms with E-state index < -0.39 is 23.0 Å². The summed E-state index contributed by atoms with van der Waals surface area (Å²) in [6.07, 6.45) is 1.47. The molecule has 25 heavy (non-hydrogen) atoms. The highest BCUT2D eigenvalue weighted by Crippen LogP contribution is 2.11. The third-order valence-electron chi connectivity index (χ3n) is 3.49. The van der Waals surface area contributed by atoms with Gasteiger partial charge in [-0.15, -0.1) is 4.73 Å². The summed E-state index contributed by atoms with van der Waals surface area (Å²) in [5, 5.41) is 0. The Kier molecular flexibility index (Phi) is 4.83. The maximum absolute atomic E-state index is 13.7. The van der Waals surface area contributed by atoms with Crippen molar-refractivity contribution in [3.63, 3.8) is 0 Å². The summed E-state index contributed by atoms with van der Waals surface area (Å²) in [5.74, 6) is -1.65. The lowest BCUT2D eigenvalue weighted by molar-refractivity contribution is 0.0783. The van der Waals surface area contributed by atoms with E-state index in [1.54, 1.807) is 12.1 Å². The summed E-state index contributed by atoms with van der Waals surface area (Å²) in [6.45, 7) is -0.284. The van der Waals surface area contributed by atoms with E-state index in [0.29, 0.717) is 5.56 Å². The predicted molar refractivity (Wildman–Crippen MR) is 84.3 cm³/mol. The highest BCUT2D eigenvalue weighted by Gasteiger charge is 2.10. The van der Waals surface area contributed by atoms with Crippen molar-refractivity contribution in [2.45, 2.75) is 13.0 Å². The summed E-state index contributed by atoms with van der Waals surface area (Å²) in [7, 11) is 0. The number of aromatic nitrogens is 2. The summed E-state index contributed by atoms with van der Waals surface area (Å²) in [4.78, 5) is 21.5. The Morgan fingerprint density at radius 3 is 2.56 bits per heavy atom. The molecule has 0 spiro atoms. The van der Waals surface area contributed by atoms with Gasteiger partial charge in [0.1, 0.15) is 24.1 Å². The molecule has 0 unspecified atom stereocenters. The molecular weight excluding hydrogens is 333 g/mol. The summed E-state index contributed by atoms with van der Waals surface area (Å²) >= 11 is 0. The lowest BCUT2D eigenvalue weighted by Crippen LogP contribution is -2.30. The van der Waals surface area contributed by atoms with Gasteiger partial charge in [0, 0.05) is 30.3 Å². The van der Waals surface area contributed by atoms with Crippen molar-refractivity contribution >= 4 is 0 Å². The molecule has 0 saturated heterocycles. The van der Waals surface area contributed by atoms with Crippen LogP contribution in [-0.2, 0) is 13.0 Å². The largest absolute Gasteiger partial charge is 0.404 e. The summed E-state index contributed by atoms with van der Waals surface area (Å²) < 4.78 is 40.8. The molecule has 1 aromatic heterocycles. The SMILES string of the molecule is O=c1ccnc(Cc2cccc(F)c2)n1OCc1ccc(F)cc1F. The third-order valence-corrected chi connectivity index (χ3v) is 3.49. The van der Waals surface area contributed by atoms with Gasteiger partial charge in [-0.1, -0.05) is 12.1 Å². The quantitative estimate of drug-likeness (QED) is 0.714. The van der Waals surface area contributed by atoms with Crippen LogP contribution in [0.15, 0.2) is 59.5 Å². The van der Waals surface area contributed by atoms with Crippen LogP contribution in [0.4, 0.5) is 13.2 Å². The average molecular weight is 346 g/mol. The summed E-state index contributed by atoms with van der Waals surface area (Å²) in [5.41, 5.74) is 0.196. The fourth-order valence-corrected chi connectivity index (χ4v) is 2.29. The van der Waals surface area contributed by atoms with Crippen LogP contribution in [0.1, 0.15) is 17.0 Å². The van der Waals surface area contributed by atoms with E-state index in [0.717, 1.165) is 16.9 Å². The molecule has 0 atom stereocenters. The molecule has 0 aliphatic heterocycles. The molecule has 3 aromatic rings. The Balaban J connectivity index is 1.84. The van der Waals surface area contributed by atoms with Crippen molar-refractivity contribution < 1.29 is 18.0 Å². The number of hydrogen-bond donors (Lipinski definition) is 0. The monoisotopic (exact) mass is 346 g/mol. The van der Waals surface area contributed by atoms with Gasteiger partial charge in [-0.2, -0.15) is 0 Å². The molecule has 4 nitrogen and oxygen atoms in total. The predicted octanol–water partition coefficient (Wildman–Crippen LogP) is 2.88. The van der Waals surface area contributed by atoms with Crippen molar-refractivity contribution in [1.29, 1.82) is 0 Å². The number of nitrogens with zero attached hydrogens (tertiary/aromatic N) is 2. The molecule has 0 amide bonds. The van der Waals surface area contributed by atoms with E-state index in [4.69, 9.17) is 4.84 Å². The van der Waals surface area contributed by atoms with E-state index in [9.17, 15) is 18.0 Å². The molecule has 0 fully saturated rings. The first-order valence-corrected chi connectivity index (χ1v) is 7.41. The standard InChI is InChI=1S/C18H13F3N2O2/c19-14-3-1-2-12(8-14)9-17-22-7-6-18(24)23(17)25-11-13-4-5-15(20)10-16(13)21/h1-8,10H,9,11H2. The van der Waals surface area contributed by atoms with Gasteiger partial charge in [0.2, 0.25) is 0 Å². The fourth-order valence-electron chi connectivity index (χ4n) is 2.29. The number of benzene rings is 2. The van der Waals surface area contributed by atoms with Crippen LogP contribution in [0.25, 0.3) is 0 Å². The molecular formula is C18H13F3N2O2. The number of rotatable bonds is 5. The topological polar surface area (TPSA) is 44.1 Å². The van der Waals surface area contributed by atoms with Gasteiger partial charge in [-0.3, -0.25) is 4.79 Å². The molecule has 0 radical (unpaired) electrons. The van der Waals surface area contributed by atoms with Crippen molar-refractivity contribution in [3.05, 3.63) is 99.5 Å². The first-order chi connectivity index (χ1) is 12.0. The molecule has 2 aromatic carbocycles. The van der Waals surface area contributed by atoms with Gasteiger partial charge >= 0.3 is 0 Å². The van der Waals surface area contributed by atoms with Crippen LogP contribution < -0.4 is 10.4 Å². The van der Waals surface area contributed by atoms with Crippen molar-refractivity contribution in [3.8, 4) is 0 Å². The van der Waals surface area contributed by atoms with Gasteiger partial charge in [0.15, 0.2) is 5.82 Å². The van der Waals surface area contributed by atoms with Crippen LogP contribution in [0.3, 0.4) is 0 Å². The molecule has 0 saturated carbocycles. The first kappa shape index (κ1) is 16.8. The zero-order valence-electron chi connectivity index (χ0n) is 13.0. The van der Waals surface area contributed by atoms with E-state index in [1.807, 2.05) is 0 Å². The zero-order valence-corrected chi connectivity index (χ0v) is 13.0. The molecule has 1 heterocycles. The minimum absolute atomic E-state index is 0.0915. The van der Waals surface area contributed by atoms with Crippen LogP contribution in [0.5, 0.6) is 0 Å². The van der Waals surface area contributed by atoms with Gasteiger partial charge < -0.3 is 4.84 Å². The van der Waals surface area contributed by atoms with Gasteiger partial charge in [-0.25, -0.2) is 18.2 Å². The highest BCUT2D eigenvalue weighted by molar-refractivity contribution is 5.20. The average Bonchev–Trinajstić information content (AvgIpc) is 2.56. The maximum Gasteiger partial charge on any atom is 0.286 e. The van der Waals surface area contributed by atoms with Gasteiger partial charge in [-0.05, 0) is 29.8 Å². The van der Waals surface area contributed by atoms with Gasteiger partial charge in [0.25, 0.3) is 5.56 Å². The Bertz CT molecular complexity index is 957. The van der Waals surface area contributed by atoms with Crippen molar-refractivity contribution in [2.24, 2.45) is 0 Å². The Morgan fingerprint density at radius 2 is 1.80 bits per heavy atom. The molecule has 0 N–H and O–H groups in total.